The highest BCUT2D eigenvalue weighted by molar-refractivity contribution is 6.06. The number of carbonyl (C=O) groups excluding carboxylic acids is 1. The van der Waals surface area contributed by atoms with E-state index in [1.807, 2.05) is 0 Å². The molecule has 0 aliphatic heterocycles. The van der Waals surface area contributed by atoms with Crippen molar-refractivity contribution in [3.05, 3.63) is 46.5 Å². The Balaban J connectivity index is 2.02. The molecule has 34 heavy (non-hydrogen) atoms. The molecular weight excluding hydrogens is 451 g/mol. The van der Waals surface area contributed by atoms with E-state index in [-0.39, 0.29) is 17.7 Å². The Morgan fingerprint density at radius 2 is 1.85 bits per heavy atom. The van der Waals surface area contributed by atoms with Gasteiger partial charge in [0.15, 0.2) is 5.75 Å². The van der Waals surface area contributed by atoms with Crippen molar-refractivity contribution in [3.63, 3.8) is 0 Å². The van der Waals surface area contributed by atoms with Crippen molar-refractivity contribution in [2.75, 3.05) is 0 Å². The molecule has 184 valence electrons. The van der Waals surface area contributed by atoms with Crippen LogP contribution in [-0.2, 0) is 11.8 Å². The van der Waals surface area contributed by atoms with Crippen molar-refractivity contribution in [1.82, 2.24) is 14.6 Å². The normalized spacial score (nSPS) is 13.2. The zero-order chi connectivity index (χ0) is 25.4. The summed E-state index contributed by atoms with van der Waals surface area (Å²) >= 11 is 0. The number of hydroxylamine groups is 2. The van der Waals surface area contributed by atoms with E-state index >= 15 is 0 Å². The summed E-state index contributed by atoms with van der Waals surface area (Å²) in [6.07, 6.45) is -5.11. The van der Waals surface area contributed by atoms with Gasteiger partial charge in [0.1, 0.15) is 5.60 Å². The molecule has 0 aliphatic carbocycles. The first-order valence-corrected chi connectivity index (χ1v) is 10.8. The molecule has 0 bridgehead atoms. The van der Waals surface area contributed by atoms with E-state index in [1.165, 1.54) is 11.5 Å². The van der Waals surface area contributed by atoms with Crippen LogP contribution in [0.25, 0.3) is 21.7 Å². The van der Waals surface area contributed by atoms with Crippen LogP contribution in [0, 0.1) is 6.92 Å². The molecule has 1 aromatic carbocycles. The summed E-state index contributed by atoms with van der Waals surface area (Å²) in [5.74, 6) is 0.178. The Morgan fingerprint density at radius 1 is 1.18 bits per heavy atom. The second-order valence-corrected chi connectivity index (χ2v) is 9.26. The lowest BCUT2D eigenvalue weighted by atomic mass is 10.1. The van der Waals surface area contributed by atoms with E-state index < -0.39 is 30.3 Å². The number of amides is 1. The third-order valence-corrected chi connectivity index (χ3v) is 5.30. The number of pyridine rings is 2. The first-order chi connectivity index (χ1) is 15.7. The van der Waals surface area contributed by atoms with Gasteiger partial charge in [0.2, 0.25) is 0 Å². The van der Waals surface area contributed by atoms with E-state index in [4.69, 9.17) is 9.57 Å². The molecular formula is C24H28F3N3O4. The second kappa shape index (κ2) is 9.15. The summed E-state index contributed by atoms with van der Waals surface area (Å²) in [6.45, 7) is 8.16. The number of aryl methyl sites for hydroxylation is 2. The summed E-state index contributed by atoms with van der Waals surface area (Å²) in [5, 5.41) is 2.80. The number of carbonyl (C=O) groups is 1. The summed E-state index contributed by atoms with van der Waals surface area (Å²) in [4.78, 5) is 35.7. The molecule has 0 N–H and O–H groups in total. The number of nitrogens with zero attached hydrogens (tertiary/aromatic N) is 3. The summed E-state index contributed by atoms with van der Waals surface area (Å²) in [7, 11) is 1.61. The van der Waals surface area contributed by atoms with Crippen LogP contribution in [0.4, 0.5) is 18.0 Å². The zero-order valence-electron chi connectivity index (χ0n) is 20.0. The number of hydrogen-bond acceptors (Lipinski definition) is 5. The Bertz CT molecular complexity index is 1280. The van der Waals surface area contributed by atoms with Gasteiger partial charge in [0, 0.05) is 31.1 Å². The number of halogens is 3. The highest BCUT2D eigenvalue weighted by atomic mass is 19.4. The number of alkyl halides is 3. The first kappa shape index (κ1) is 25.3. The lowest BCUT2D eigenvalue weighted by Crippen LogP contribution is -2.44. The lowest BCUT2D eigenvalue weighted by Gasteiger charge is -2.31. The van der Waals surface area contributed by atoms with Crippen molar-refractivity contribution in [2.24, 2.45) is 7.05 Å². The minimum atomic E-state index is -4.37. The molecule has 0 radical (unpaired) electrons. The Morgan fingerprint density at radius 3 is 2.47 bits per heavy atom. The zero-order valence-corrected chi connectivity index (χ0v) is 20.0. The molecule has 1 unspecified atom stereocenters. The highest BCUT2D eigenvalue weighted by Gasteiger charge is 2.33. The van der Waals surface area contributed by atoms with Gasteiger partial charge in [-0.3, -0.25) is 9.78 Å². The number of benzene rings is 1. The molecule has 0 saturated heterocycles. The van der Waals surface area contributed by atoms with E-state index in [0.29, 0.717) is 16.6 Å². The largest absolute Gasteiger partial charge is 0.443 e. The molecule has 1 amide bonds. The monoisotopic (exact) mass is 479 g/mol. The molecule has 10 heteroatoms. The molecule has 0 aliphatic rings. The van der Waals surface area contributed by atoms with Crippen molar-refractivity contribution >= 4 is 27.8 Å². The van der Waals surface area contributed by atoms with Gasteiger partial charge in [-0.15, -0.1) is 5.06 Å². The smallest absolute Gasteiger partial charge is 0.442 e. The molecule has 1 atom stereocenters. The predicted octanol–water partition coefficient (Wildman–Crippen LogP) is 5.66. The van der Waals surface area contributed by atoms with E-state index in [0.717, 1.165) is 15.8 Å². The molecule has 3 aromatic rings. The minimum Gasteiger partial charge on any atom is -0.442 e. The molecule has 2 aromatic heterocycles. The van der Waals surface area contributed by atoms with Crippen LogP contribution in [-0.4, -0.2) is 38.5 Å². The average molecular weight is 479 g/mol. The van der Waals surface area contributed by atoms with E-state index in [9.17, 15) is 22.8 Å². The van der Waals surface area contributed by atoms with Crippen LogP contribution in [0.1, 0.15) is 46.2 Å². The average Bonchev–Trinajstić information content (AvgIpc) is 2.72. The van der Waals surface area contributed by atoms with Crippen LogP contribution in [0.5, 0.6) is 5.75 Å². The number of fused-ring (bicyclic) bond motifs is 3. The maximum Gasteiger partial charge on any atom is 0.443 e. The van der Waals surface area contributed by atoms with Gasteiger partial charge in [0.25, 0.3) is 5.56 Å². The summed E-state index contributed by atoms with van der Waals surface area (Å²) in [5.41, 5.74) is 0.0240. The third-order valence-electron chi connectivity index (χ3n) is 5.30. The maximum atomic E-state index is 12.9. The van der Waals surface area contributed by atoms with Gasteiger partial charge >= 0.3 is 12.3 Å². The first-order valence-electron chi connectivity index (χ1n) is 10.8. The Hall–Kier alpha value is -3.30. The van der Waals surface area contributed by atoms with Crippen LogP contribution in [0.2, 0.25) is 0 Å². The van der Waals surface area contributed by atoms with Crippen molar-refractivity contribution in [2.45, 2.75) is 65.3 Å². The molecule has 2 heterocycles. The van der Waals surface area contributed by atoms with Crippen LogP contribution >= 0.6 is 0 Å². The minimum absolute atomic E-state index is 0.178. The quantitative estimate of drug-likeness (QED) is 0.349. The van der Waals surface area contributed by atoms with Crippen molar-refractivity contribution in [3.8, 4) is 5.75 Å². The van der Waals surface area contributed by atoms with Gasteiger partial charge in [0.05, 0.1) is 22.6 Å². The van der Waals surface area contributed by atoms with Gasteiger partial charge in [-0.05, 0) is 64.6 Å². The van der Waals surface area contributed by atoms with Gasteiger partial charge in [-0.25, -0.2) is 4.79 Å². The maximum absolute atomic E-state index is 12.9. The fourth-order valence-corrected chi connectivity index (χ4v) is 3.63. The topological polar surface area (TPSA) is 73.7 Å². The lowest BCUT2D eigenvalue weighted by molar-refractivity contribution is -0.146. The van der Waals surface area contributed by atoms with E-state index in [2.05, 4.69) is 4.98 Å². The van der Waals surface area contributed by atoms with Gasteiger partial charge < -0.3 is 14.1 Å². The second-order valence-electron chi connectivity index (χ2n) is 9.26. The van der Waals surface area contributed by atoms with Crippen molar-refractivity contribution < 1.29 is 27.5 Å². The molecule has 7 nitrogen and oxygen atoms in total. The van der Waals surface area contributed by atoms with E-state index in [1.54, 1.807) is 65.2 Å². The van der Waals surface area contributed by atoms with Gasteiger partial charge in [-0.1, -0.05) is 0 Å². The SMILES string of the molecule is Cc1nccc2c1c(=O)n(C)c1cc(ON(C(=O)OC(C)(C)C)C(C)CCC(F)(F)F)ccc21. The molecule has 0 spiro atoms. The van der Waals surface area contributed by atoms with Crippen molar-refractivity contribution in [1.29, 1.82) is 0 Å². The standard InChI is InChI=1S/C24H28F3N3O4/c1-14(9-11-24(25,26)27)30(22(32)33-23(3,4)5)34-16-7-8-17-18-10-12-28-15(2)20(18)21(31)29(6)19(17)13-16/h7-8,10,12-14H,9,11H2,1-6H3. The molecule has 0 saturated carbocycles. The third kappa shape index (κ3) is 5.60. The molecule has 3 rings (SSSR count). The van der Waals surface area contributed by atoms with Crippen LogP contribution < -0.4 is 10.4 Å². The number of hydrogen-bond donors (Lipinski definition) is 0. The fraction of sp³-hybridized carbons (Fsp3) is 0.458. The highest BCUT2D eigenvalue weighted by Crippen LogP contribution is 2.29. The summed E-state index contributed by atoms with van der Waals surface area (Å²) in [6, 6.07) is 5.72. The Labute approximate surface area is 195 Å². The molecule has 0 fully saturated rings. The number of ether oxygens (including phenoxy) is 1. The fourth-order valence-electron chi connectivity index (χ4n) is 3.63. The number of rotatable bonds is 5. The number of aromatic nitrogens is 2. The Kier molecular flexibility index (Phi) is 6.82. The van der Waals surface area contributed by atoms with Crippen LogP contribution in [0.15, 0.2) is 35.3 Å². The predicted molar refractivity (Wildman–Crippen MR) is 123 cm³/mol. The van der Waals surface area contributed by atoms with Gasteiger partial charge in [-0.2, -0.15) is 13.2 Å². The van der Waals surface area contributed by atoms with Crippen LogP contribution in [0.3, 0.4) is 0 Å². The summed E-state index contributed by atoms with van der Waals surface area (Å²) < 4.78 is 45.1.